The Labute approximate surface area is 286 Å². The van der Waals surface area contributed by atoms with Gasteiger partial charge in [-0.1, -0.05) is 66.7 Å². The number of fused-ring (bicyclic) bond motifs is 9. The fraction of sp³-hybridized carbons (Fsp3) is 0.0638. The third-order valence-electron chi connectivity index (χ3n) is 10.8. The van der Waals surface area contributed by atoms with E-state index in [4.69, 9.17) is 0 Å². The van der Waals surface area contributed by atoms with Crippen LogP contribution < -0.4 is 4.90 Å². The molecular weight excluding hydrogens is 593 g/mol. The fourth-order valence-electron chi connectivity index (χ4n) is 8.04. The van der Waals surface area contributed by atoms with Gasteiger partial charge in [0.1, 0.15) is 0 Å². The lowest BCUT2D eigenvalue weighted by molar-refractivity contribution is 1.19. The number of anilines is 3. The average molecular weight is 627 g/mol. The van der Waals surface area contributed by atoms with Crippen molar-refractivity contribution in [2.24, 2.45) is 0 Å². The first-order chi connectivity index (χ1) is 24.0. The smallest absolute Gasteiger partial charge is 0.0541 e. The summed E-state index contributed by atoms with van der Waals surface area (Å²) in [6, 6.07) is 56.1. The van der Waals surface area contributed by atoms with Crippen LogP contribution in [-0.2, 0) is 0 Å². The minimum atomic E-state index is 1.16. The quantitative estimate of drug-likeness (QED) is 0.189. The molecule has 0 atom stereocenters. The molecule has 0 radical (unpaired) electrons. The lowest BCUT2D eigenvalue weighted by Crippen LogP contribution is -2.11. The SMILES string of the molecule is Cc1cc(N(c2ccccc2)c2ccc3cc4c(cc3c2)-c2cc3ccc(-n5c6ccccc6c6ccccc65)cc3cc2-4)cc(C)c1C. The van der Waals surface area contributed by atoms with Crippen LogP contribution in [0.3, 0.4) is 0 Å². The predicted molar refractivity (Wildman–Crippen MR) is 209 cm³/mol. The Hall–Kier alpha value is -6.12. The molecule has 8 aromatic carbocycles. The van der Waals surface area contributed by atoms with E-state index in [9.17, 15) is 0 Å². The molecule has 232 valence electrons. The van der Waals surface area contributed by atoms with Gasteiger partial charge in [0.05, 0.1) is 11.0 Å². The molecule has 0 amide bonds. The van der Waals surface area contributed by atoms with Crippen LogP contribution in [0.4, 0.5) is 17.1 Å². The maximum atomic E-state index is 2.40. The van der Waals surface area contributed by atoms with E-state index < -0.39 is 0 Å². The van der Waals surface area contributed by atoms with Crippen molar-refractivity contribution >= 4 is 60.4 Å². The number of hydrogen-bond donors (Lipinski definition) is 0. The Morgan fingerprint density at radius 1 is 0.388 bits per heavy atom. The molecule has 0 unspecified atom stereocenters. The molecule has 0 bridgehead atoms. The Balaban J connectivity index is 1.07. The number of rotatable bonds is 4. The highest BCUT2D eigenvalue weighted by Gasteiger charge is 2.25. The minimum Gasteiger partial charge on any atom is -0.310 e. The summed E-state index contributed by atoms with van der Waals surface area (Å²) in [5.41, 5.74) is 16.5. The summed E-state index contributed by atoms with van der Waals surface area (Å²) in [4.78, 5) is 2.38. The zero-order valence-corrected chi connectivity index (χ0v) is 27.8. The van der Waals surface area contributed by atoms with E-state index in [0.29, 0.717) is 0 Å². The number of hydrogen-bond acceptors (Lipinski definition) is 1. The van der Waals surface area contributed by atoms with Gasteiger partial charge in [0.25, 0.3) is 0 Å². The lowest BCUT2D eigenvalue weighted by atomic mass is 9.78. The van der Waals surface area contributed by atoms with Gasteiger partial charge in [0.15, 0.2) is 0 Å². The summed E-state index contributed by atoms with van der Waals surface area (Å²) >= 11 is 0. The van der Waals surface area contributed by atoms with Crippen molar-refractivity contribution in [1.82, 2.24) is 4.57 Å². The van der Waals surface area contributed by atoms with Crippen molar-refractivity contribution in [3.63, 3.8) is 0 Å². The summed E-state index contributed by atoms with van der Waals surface area (Å²) in [5.74, 6) is 0. The Morgan fingerprint density at radius 2 is 0.898 bits per heavy atom. The second kappa shape index (κ2) is 10.4. The second-order valence-corrected chi connectivity index (χ2v) is 13.6. The van der Waals surface area contributed by atoms with E-state index in [1.54, 1.807) is 0 Å². The second-order valence-electron chi connectivity index (χ2n) is 13.6. The van der Waals surface area contributed by atoms with Crippen molar-refractivity contribution in [3.8, 4) is 27.9 Å². The van der Waals surface area contributed by atoms with Crippen molar-refractivity contribution in [3.05, 3.63) is 168 Å². The average Bonchev–Trinajstić information content (AvgIpc) is 3.47. The molecule has 2 nitrogen and oxygen atoms in total. The highest BCUT2D eigenvalue weighted by atomic mass is 15.1. The molecule has 10 rings (SSSR count). The standard InChI is InChI=1S/C47H34N2/c1-29-21-39(22-30(2)31(29)3)48(36-11-5-4-6-12-36)37-19-17-32-25-42-44(27-34(32)23-37)43-26-33-18-20-38(24-35(33)28-45(42)43)49-46-15-9-7-13-40(46)41-14-8-10-16-47(41)49/h4-28H,1-3H3. The number of aryl methyl sites for hydroxylation is 2. The molecule has 1 aliphatic rings. The van der Waals surface area contributed by atoms with Crippen LogP contribution in [0.25, 0.3) is 71.3 Å². The molecule has 2 heteroatoms. The third-order valence-corrected chi connectivity index (χ3v) is 10.8. The zero-order valence-electron chi connectivity index (χ0n) is 27.8. The largest absolute Gasteiger partial charge is 0.310 e. The highest BCUT2D eigenvalue weighted by molar-refractivity contribution is 6.13. The minimum absolute atomic E-state index is 1.16. The molecule has 1 aromatic heterocycles. The van der Waals surface area contributed by atoms with Gasteiger partial charge in [0, 0.05) is 33.5 Å². The third kappa shape index (κ3) is 4.20. The van der Waals surface area contributed by atoms with E-state index in [0.717, 1.165) is 11.4 Å². The van der Waals surface area contributed by atoms with Gasteiger partial charge in [-0.2, -0.15) is 0 Å². The summed E-state index contributed by atoms with van der Waals surface area (Å²) in [7, 11) is 0. The highest BCUT2D eigenvalue weighted by Crippen LogP contribution is 2.51. The molecule has 0 fully saturated rings. The van der Waals surface area contributed by atoms with Crippen molar-refractivity contribution in [2.75, 3.05) is 4.90 Å². The summed E-state index contributed by atoms with van der Waals surface area (Å²) in [6.07, 6.45) is 0. The van der Waals surface area contributed by atoms with Crippen LogP contribution in [0.1, 0.15) is 16.7 Å². The van der Waals surface area contributed by atoms with Gasteiger partial charge < -0.3 is 9.47 Å². The summed E-state index contributed by atoms with van der Waals surface area (Å²) < 4.78 is 2.40. The van der Waals surface area contributed by atoms with E-state index in [1.165, 1.54) is 93.7 Å². The summed E-state index contributed by atoms with van der Waals surface area (Å²) in [5, 5.41) is 7.62. The predicted octanol–water partition coefficient (Wildman–Crippen LogP) is 13.1. The van der Waals surface area contributed by atoms with Crippen LogP contribution in [0.15, 0.2) is 152 Å². The van der Waals surface area contributed by atoms with E-state index in [2.05, 4.69) is 182 Å². The van der Waals surface area contributed by atoms with Crippen LogP contribution in [0.2, 0.25) is 0 Å². The monoisotopic (exact) mass is 626 g/mol. The molecule has 0 saturated carbocycles. The van der Waals surface area contributed by atoms with Gasteiger partial charge in [0.2, 0.25) is 0 Å². The van der Waals surface area contributed by atoms with E-state index >= 15 is 0 Å². The molecule has 1 heterocycles. The van der Waals surface area contributed by atoms with Gasteiger partial charge in [-0.25, -0.2) is 0 Å². The fourth-order valence-corrected chi connectivity index (χ4v) is 8.04. The van der Waals surface area contributed by atoms with Crippen LogP contribution in [0.5, 0.6) is 0 Å². The van der Waals surface area contributed by atoms with E-state index in [1.807, 2.05) is 0 Å². The Kier molecular flexibility index (Phi) is 5.95. The van der Waals surface area contributed by atoms with Gasteiger partial charge >= 0.3 is 0 Å². The molecule has 0 aliphatic heterocycles. The topological polar surface area (TPSA) is 8.17 Å². The van der Waals surface area contributed by atoms with Crippen LogP contribution in [0, 0.1) is 20.8 Å². The number of aromatic nitrogens is 1. The zero-order chi connectivity index (χ0) is 32.8. The Bertz CT molecular complexity index is 2730. The number of para-hydroxylation sites is 3. The van der Waals surface area contributed by atoms with Crippen molar-refractivity contribution < 1.29 is 0 Å². The van der Waals surface area contributed by atoms with Gasteiger partial charge in [-0.05, 0) is 166 Å². The molecule has 0 spiro atoms. The normalized spacial score (nSPS) is 12.0. The maximum absolute atomic E-state index is 2.40. The maximum Gasteiger partial charge on any atom is 0.0541 e. The molecule has 0 N–H and O–H groups in total. The number of nitrogens with zero attached hydrogens (tertiary/aromatic N) is 2. The number of benzene rings is 8. The van der Waals surface area contributed by atoms with Gasteiger partial charge in [-0.15, -0.1) is 0 Å². The molecule has 0 saturated heterocycles. The first kappa shape index (κ1) is 27.9. The molecular formula is C47H34N2. The lowest BCUT2D eigenvalue weighted by Gasteiger charge is -2.28. The van der Waals surface area contributed by atoms with Crippen LogP contribution >= 0.6 is 0 Å². The molecule has 1 aliphatic carbocycles. The first-order valence-electron chi connectivity index (χ1n) is 17.1. The van der Waals surface area contributed by atoms with Crippen LogP contribution in [-0.4, -0.2) is 4.57 Å². The molecule has 49 heavy (non-hydrogen) atoms. The van der Waals surface area contributed by atoms with Crippen molar-refractivity contribution in [2.45, 2.75) is 20.8 Å². The van der Waals surface area contributed by atoms with Gasteiger partial charge in [-0.3, -0.25) is 0 Å². The van der Waals surface area contributed by atoms with E-state index in [-0.39, 0.29) is 0 Å². The first-order valence-corrected chi connectivity index (χ1v) is 17.1. The van der Waals surface area contributed by atoms with Crippen molar-refractivity contribution in [1.29, 1.82) is 0 Å². The molecule has 9 aromatic rings. The Morgan fingerprint density at radius 3 is 1.51 bits per heavy atom. The summed E-state index contributed by atoms with van der Waals surface area (Å²) in [6.45, 7) is 6.63.